The number of aryl methyl sites for hydroxylation is 1. The molecule has 0 aromatic heterocycles. The number of ether oxygens (including phenoxy) is 1. The fourth-order valence-corrected chi connectivity index (χ4v) is 3.00. The number of carbonyl (C=O) groups is 2. The topological polar surface area (TPSA) is 124 Å². The van der Waals surface area contributed by atoms with E-state index in [9.17, 15) is 30.0 Å². The Bertz CT molecular complexity index is 1090. The molecule has 0 atom stereocenters. The number of aliphatic hydroxyl groups is 2. The van der Waals surface area contributed by atoms with E-state index in [1.807, 2.05) is 0 Å². The summed E-state index contributed by atoms with van der Waals surface area (Å²) in [6.45, 7) is 3.29. The van der Waals surface area contributed by atoms with Crippen molar-refractivity contribution in [3.63, 3.8) is 0 Å². The van der Waals surface area contributed by atoms with E-state index < -0.39 is 11.8 Å². The summed E-state index contributed by atoms with van der Waals surface area (Å²) >= 11 is 0. The van der Waals surface area contributed by atoms with Crippen molar-refractivity contribution in [2.24, 2.45) is 0 Å². The largest absolute Gasteiger partial charge is 0.508 e. The Balaban J connectivity index is 2.30. The zero-order chi connectivity index (χ0) is 24.4. The number of phenols is 2. The summed E-state index contributed by atoms with van der Waals surface area (Å²) in [7, 11) is 0. The molecule has 7 nitrogen and oxygen atoms in total. The number of aliphatic hydroxyl groups excluding tert-OH is 2. The number of hydrogen-bond donors (Lipinski definition) is 4. The molecule has 174 valence electrons. The van der Waals surface area contributed by atoms with Crippen LogP contribution in [0, 0.1) is 6.92 Å². The quantitative estimate of drug-likeness (QED) is 0.183. The molecular weight excluding hydrogens is 424 g/mol. The van der Waals surface area contributed by atoms with Gasteiger partial charge in [-0.05, 0) is 73.4 Å². The number of allylic oxidation sites excluding steroid dienone is 3. The molecule has 0 aliphatic heterocycles. The van der Waals surface area contributed by atoms with Crippen molar-refractivity contribution in [2.45, 2.75) is 33.3 Å². The van der Waals surface area contributed by atoms with Crippen molar-refractivity contribution in [3.05, 3.63) is 82.1 Å². The van der Waals surface area contributed by atoms with Crippen LogP contribution in [0.1, 0.15) is 42.0 Å². The number of rotatable bonds is 10. The second-order valence-electron chi connectivity index (χ2n) is 7.29. The summed E-state index contributed by atoms with van der Waals surface area (Å²) in [6.07, 6.45) is 5.60. The molecule has 2 aromatic rings. The van der Waals surface area contributed by atoms with Crippen LogP contribution in [0.3, 0.4) is 0 Å². The predicted octanol–water partition coefficient (Wildman–Crippen LogP) is 4.35. The van der Waals surface area contributed by atoms with E-state index in [1.54, 1.807) is 38.1 Å². The molecule has 0 radical (unpaired) electrons. The summed E-state index contributed by atoms with van der Waals surface area (Å²) in [5, 5.41) is 39.2. The van der Waals surface area contributed by atoms with Crippen molar-refractivity contribution >= 4 is 23.9 Å². The Labute approximate surface area is 192 Å². The molecule has 0 saturated heterocycles. The lowest BCUT2D eigenvalue weighted by Gasteiger charge is -2.07. The Morgan fingerprint density at radius 1 is 0.939 bits per heavy atom. The summed E-state index contributed by atoms with van der Waals surface area (Å²) in [6, 6.07) is 9.44. The van der Waals surface area contributed by atoms with Crippen LogP contribution < -0.4 is 0 Å². The lowest BCUT2D eigenvalue weighted by molar-refractivity contribution is -0.143. The fourth-order valence-electron chi connectivity index (χ4n) is 3.00. The predicted molar refractivity (Wildman–Crippen MR) is 125 cm³/mol. The molecule has 0 bridgehead atoms. The van der Waals surface area contributed by atoms with Crippen molar-refractivity contribution < 1.29 is 34.8 Å². The minimum absolute atomic E-state index is 0.0236. The molecule has 0 aliphatic carbocycles. The van der Waals surface area contributed by atoms with Crippen LogP contribution in [0.15, 0.2) is 59.9 Å². The summed E-state index contributed by atoms with van der Waals surface area (Å²) in [5.74, 6) is -1.17. The smallest absolute Gasteiger partial charge is 0.306 e. The molecule has 4 N–H and O–H groups in total. The van der Waals surface area contributed by atoms with Gasteiger partial charge in [0.25, 0.3) is 0 Å². The molecule has 0 unspecified atom stereocenters. The summed E-state index contributed by atoms with van der Waals surface area (Å²) < 4.78 is 4.91. The maximum atomic E-state index is 12.8. The monoisotopic (exact) mass is 452 g/mol. The van der Waals surface area contributed by atoms with Crippen molar-refractivity contribution in [2.75, 3.05) is 6.61 Å². The fraction of sp³-hybridized carbons (Fsp3) is 0.231. The van der Waals surface area contributed by atoms with Gasteiger partial charge in [-0.15, -0.1) is 0 Å². The average Bonchev–Trinajstić information content (AvgIpc) is 2.79. The highest BCUT2D eigenvalue weighted by molar-refractivity contribution is 6.07. The second-order valence-corrected chi connectivity index (χ2v) is 7.29. The SMILES string of the molecule is CCOC(=O)CCC(C(=O)/C=C/c1ccc(O)c(CO)c1)=C(O)/C=C/c1ccc(O)c(C)c1. The first kappa shape index (κ1) is 25.4. The molecule has 0 aliphatic rings. The van der Waals surface area contributed by atoms with Crippen LogP contribution >= 0.6 is 0 Å². The third-order valence-electron chi connectivity index (χ3n) is 4.85. The first-order valence-electron chi connectivity index (χ1n) is 10.5. The molecule has 0 saturated carbocycles. The lowest BCUT2D eigenvalue weighted by Crippen LogP contribution is -2.08. The number of aromatic hydroxyl groups is 2. The van der Waals surface area contributed by atoms with Crippen LogP contribution in [0.5, 0.6) is 11.5 Å². The van der Waals surface area contributed by atoms with Gasteiger partial charge in [0.15, 0.2) is 5.78 Å². The van der Waals surface area contributed by atoms with Gasteiger partial charge in [0, 0.05) is 17.6 Å². The Hall–Kier alpha value is -3.84. The highest BCUT2D eigenvalue weighted by Gasteiger charge is 2.14. The Morgan fingerprint density at radius 2 is 1.58 bits per heavy atom. The summed E-state index contributed by atoms with van der Waals surface area (Å²) in [4.78, 5) is 24.6. The van der Waals surface area contributed by atoms with Gasteiger partial charge in [0.1, 0.15) is 17.3 Å². The van der Waals surface area contributed by atoms with E-state index in [-0.39, 0.29) is 48.9 Å². The number of phenolic OH excluding ortho intramolecular Hbond substituents is 1. The third kappa shape index (κ3) is 7.66. The molecule has 2 rings (SSSR count). The Kier molecular flexibility index (Phi) is 9.45. The zero-order valence-corrected chi connectivity index (χ0v) is 18.6. The average molecular weight is 453 g/mol. The first-order valence-corrected chi connectivity index (χ1v) is 10.5. The molecule has 0 amide bonds. The van der Waals surface area contributed by atoms with Crippen molar-refractivity contribution in [1.29, 1.82) is 0 Å². The number of benzene rings is 2. The molecule has 33 heavy (non-hydrogen) atoms. The molecule has 0 heterocycles. The van der Waals surface area contributed by atoms with Gasteiger partial charge in [-0.2, -0.15) is 0 Å². The van der Waals surface area contributed by atoms with Gasteiger partial charge < -0.3 is 25.2 Å². The van der Waals surface area contributed by atoms with Gasteiger partial charge in [0.2, 0.25) is 0 Å². The number of ketones is 1. The number of esters is 1. The zero-order valence-electron chi connectivity index (χ0n) is 18.6. The van der Waals surface area contributed by atoms with Crippen molar-refractivity contribution in [3.8, 4) is 11.5 Å². The van der Waals surface area contributed by atoms with E-state index in [4.69, 9.17) is 4.74 Å². The van der Waals surface area contributed by atoms with Crippen LogP contribution in [0.2, 0.25) is 0 Å². The van der Waals surface area contributed by atoms with E-state index in [0.29, 0.717) is 22.3 Å². The number of carbonyl (C=O) groups excluding carboxylic acids is 2. The van der Waals surface area contributed by atoms with E-state index in [0.717, 1.165) is 0 Å². The molecule has 0 spiro atoms. The number of hydrogen-bond acceptors (Lipinski definition) is 7. The van der Waals surface area contributed by atoms with Gasteiger partial charge in [-0.1, -0.05) is 24.3 Å². The maximum absolute atomic E-state index is 12.8. The molecule has 7 heteroatoms. The van der Waals surface area contributed by atoms with E-state index >= 15 is 0 Å². The molecular formula is C26H28O7. The van der Waals surface area contributed by atoms with Crippen molar-refractivity contribution in [1.82, 2.24) is 0 Å². The van der Waals surface area contributed by atoms with Crippen LogP contribution in [-0.4, -0.2) is 38.8 Å². The second kappa shape index (κ2) is 12.3. The van der Waals surface area contributed by atoms with Crippen LogP contribution in [0.25, 0.3) is 12.2 Å². The first-order chi connectivity index (χ1) is 15.7. The normalized spacial score (nSPS) is 12.2. The van der Waals surface area contributed by atoms with E-state index in [2.05, 4.69) is 0 Å². The highest BCUT2D eigenvalue weighted by atomic mass is 16.5. The van der Waals surface area contributed by atoms with Crippen LogP contribution in [-0.2, 0) is 20.9 Å². The van der Waals surface area contributed by atoms with Gasteiger partial charge in [0.05, 0.1) is 13.2 Å². The van der Waals surface area contributed by atoms with E-state index in [1.165, 1.54) is 36.4 Å². The molecule has 0 fully saturated rings. The maximum Gasteiger partial charge on any atom is 0.306 e. The minimum atomic E-state index is -0.498. The van der Waals surface area contributed by atoms with Gasteiger partial charge >= 0.3 is 5.97 Å². The standard InChI is InChI=1S/C26H28O7/c1-3-33-26(32)13-8-21(24(30)11-6-18-4-9-22(28)17(2)14-18)25(31)12-7-19-5-10-23(29)20(15-19)16-27/h4-7,9-12,14-15,27-30H,3,8,13,16H2,1-2H3/b11-6+,12-7+,24-21?. The minimum Gasteiger partial charge on any atom is -0.508 e. The highest BCUT2D eigenvalue weighted by Crippen LogP contribution is 2.21. The van der Waals surface area contributed by atoms with Gasteiger partial charge in [-0.3, -0.25) is 9.59 Å². The summed E-state index contributed by atoms with van der Waals surface area (Å²) in [5.41, 5.74) is 2.30. The lowest BCUT2D eigenvalue weighted by atomic mass is 10.0. The van der Waals surface area contributed by atoms with Crippen LogP contribution in [0.4, 0.5) is 0 Å². The Morgan fingerprint density at radius 3 is 2.21 bits per heavy atom. The molecule has 2 aromatic carbocycles. The third-order valence-corrected chi connectivity index (χ3v) is 4.85. The van der Waals surface area contributed by atoms with Gasteiger partial charge in [-0.25, -0.2) is 0 Å².